The van der Waals surface area contributed by atoms with Gasteiger partial charge < -0.3 is 9.64 Å². The highest BCUT2D eigenvalue weighted by Crippen LogP contribution is 2.24. The molecule has 1 aromatic carbocycles. The van der Waals surface area contributed by atoms with Crippen LogP contribution < -0.4 is 4.90 Å². The first-order chi connectivity index (χ1) is 11.1. The van der Waals surface area contributed by atoms with E-state index in [1.807, 2.05) is 13.0 Å². The summed E-state index contributed by atoms with van der Waals surface area (Å²) in [6.45, 7) is 4.88. The highest BCUT2D eigenvalue weighted by Gasteiger charge is 2.16. The molecule has 1 aliphatic rings. The predicted molar refractivity (Wildman–Crippen MR) is 91.4 cm³/mol. The van der Waals surface area contributed by atoms with Gasteiger partial charge in [0.2, 0.25) is 5.12 Å². The topological polar surface area (TPSA) is 55.3 Å². The van der Waals surface area contributed by atoms with Gasteiger partial charge in [-0.25, -0.2) is 9.97 Å². The average Bonchev–Trinajstić information content (AvgIpc) is 2.55. The third kappa shape index (κ3) is 4.22. The molecule has 3 rings (SSSR count). The molecule has 1 saturated heterocycles. The largest absolute Gasteiger partial charge is 0.378 e. The summed E-state index contributed by atoms with van der Waals surface area (Å²) >= 11 is 6.88. The minimum absolute atomic E-state index is 0.0970. The number of carbonyl (C=O) groups is 1. The maximum Gasteiger partial charge on any atom is 0.227 e. The molecule has 1 aromatic heterocycles. The van der Waals surface area contributed by atoms with E-state index in [4.69, 9.17) is 16.3 Å². The van der Waals surface area contributed by atoms with Crippen LogP contribution in [-0.2, 0) is 4.74 Å². The number of benzene rings is 1. The van der Waals surface area contributed by atoms with Gasteiger partial charge in [0.05, 0.1) is 13.2 Å². The van der Waals surface area contributed by atoms with Gasteiger partial charge in [0.25, 0.3) is 0 Å². The summed E-state index contributed by atoms with van der Waals surface area (Å²) in [6.07, 6.45) is 0. The van der Waals surface area contributed by atoms with E-state index >= 15 is 0 Å². The third-order valence-corrected chi connectivity index (χ3v) is 4.46. The first kappa shape index (κ1) is 16.2. The zero-order valence-electron chi connectivity index (χ0n) is 12.7. The van der Waals surface area contributed by atoms with Crippen molar-refractivity contribution < 1.29 is 9.53 Å². The van der Waals surface area contributed by atoms with Gasteiger partial charge in [-0.1, -0.05) is 11.6 Å². The molecule has 1 fully saturated rings. The summed E-state index contributed by atoms with van der Waals surface area (Å²) in [4.78, 5) is 23.4. The predicted octanol–water partition coefficient (Wildman–Crippen LogP) is 3.21. The van der Waals surface area contributed by atoms with Crippen LogP contribution in [0.4, 0.5) is 5.82 Å². The summed E-state index contributed by atoms with van der Waals surface area (Å²) in [6, 6.07) is 8.74. The number of morpholine rings is 1. The van der Waals surface area contributed by atoms with Gasteiger partial charge in [0.1, 0.15) is 5.82 Å². The average molecular weight is 350 g/mol. The number of ether oxygens (including phenoxy) is 1. The Morgan fingerprint density at radius 3 is 2.61 bits per heavy atom. The number of halogens is 1. The number of nitrogens with zero attached hydrogens (tertiary/aromatic N) is 3. The number of hydrogen-bond donors (Lipinski definition) is 0. The molecule has 0 aliphatic carbocycles. The molecule has 0 radical (unpaired) electrons. The lowest BCUT2D eigenvalue weighted by Crippen LogP contribution is -2.36. The molecule has 5 nitrogen and oxygen atoms in total. The monoisotopic (exact) mass is 349 g/mol. The zero-order valence-corrected chi connectivity index (χ0v) is 14.2. The van der Waals surface area contributed by atoms with Crippen LogP contribution in [0.15, 0.2) is 35.5 Å². The van der Waals surface area contributed by atoms with Crippen LogP contribution in [0.2, 0.25) is 5.02 Å². The maximum absolute atomic E-state index is 12.3. The van der Waals surface area contributed by atoms with Crippen molar-refractivity contribution in [3.05, 3.63) is 46.6 Å². The van der Waals surface area contributed by atoms with Crippen LogP contribution in [0.25, 0.3) is 0 Å². The van der Waals surface area contributed by atoms with Gasteiger partial charge in [-0.3, -0.25) is 4.79 Å². The Balaban J connectivity index is 1.78. The molecule has 0 unspecified atom stereocenters. The number of thioether (sulfide) groups is 1. The third-order valence-electron chi connectivity index (χ3n) is 3.42. The summed E-state index contributed by atoms with van der Waals surface area (Å²) in [5.74, 6) is 0.840. The standard InChI is InChI=1S/C16H16ClN3O2S/c1-11-10-14(20-6-8-22-9-7-20)19-16(18-11)23-15(21)12-2-4-13(17)5-3-12/h2-5,10H,6-9H2,1H3. The number of carbonyl (C=O) groups excluding carboxylic acids is 1. The molecule has 0 N–H and O–H groups in total. The Labute approximate surface area is 144 Å². The molecule has 0 atom stereocenters. The molecule has 0 amide bonds. The molecule has 2 aromatic rings. The van der Waals surface area contributed by atoms with Crippen molar-refractivity contribution in [2.75, 3.05) is 31.2 Å². The van der Waals surface area contributed by atoms with Crippen molar-refractivity contribution in [2.24, 2.45) is 0 Å². The Hall–Kier alpha value is -1.63. The highest BCUT2D eigenvalue weighted by atomic mass is 35.5. The maximum atomic E-state index is 12.3. The van der Waals surface area contributed by atoms with Gasteiger partial charge in [-0.05, 0) is 43.0 Å². The van der Waals surface area contributed by atoms with Crippen molar-refractivity contribution >= 4 is 34.3 Å². The molecule has 7 heteroatoms. The molecule has 0 saturated carbocycles. The quantitative estimate of drug-likeness (QED) is 0.626. The smallest absolute Gasteiger partial charge is 0.227 e. The van der Waals surface area contributed by atoms with Crippen LogP contribution in [0, 0.1) is 6.92 Å². The lowest BCUT2D eigenvalue weighted by molar-refractivity contribution is 0.108. The minimum atomic E-state index is -0.0970. The van der Waals surface area contributed by atoms with Crippen LogP contribution in [-0.4, -0.2) is 41.4 Å². The zero-order chi connectivity index (χ0) is 16.2. The van der Waals surface area contributed by atoms with E-state index in [1.54, 1.807) is 24.3 Å². The molecular weight excluding hydrogens is 334 g/mol. The van der Waals surface area contributed by atoms with Gasteiger partial charge in [-0.15, -0.1) is 0 Å². The van der Waals surface area contributed by atoms with Gasteiger partial charge in [0, 0.05) is 35.4 Å². The highest BCUT2D eigenvalue weighted by molar-refractivity contribution is 8.14. The lowest BCUT2D eigenvalue weighted by Gasteiger charge is -2.28. The molecule has 120 valence electrons. The molecule has 0 spiro atoms. The second kappa shape index (κ2) is 7.29. The Morgan fingerprint density at radius 2 is 1.91 bits per heavy atom. The van der Waals surface area contributed by atoms with Crippen LogP contribution >= 0.6 is 23.4 Å². The summed E-state index contributed by atoms with van der Waals surface area (Å²) in [5, 5.41) is 0.972. The molecule has 23 heavy (non-hydrogen) atoms. The minimum Gasteiger partial charge on any atom is -0.378 e. The van der Waals surface area contributed by atoms with Crippen molar-refractivity contribution in [1.82, 2.24) is 9.97 Å². The SMILES string of the molecule is Cc1cc(N2CCOCC2)nc(SC(=O)c2ccc(Cl)cc2)n1. The second-order valence-corrected chi connectivity index (χ2v) is 6.52. The van der Waals surface area contributed by atoms with E-state index in [-0.39, 0.29) is 5.12 Å². The van der Waals surface area contributed by atoms with E-state index in [1.165, 1.54) is 0 Å². The number of anilines is 1. The Kier molecular flexibility index (Phi) is 5.15. The Morgan fingerprint density at radius 1 is 1.22 bits per heavy atom. The number of aryl methyl sites for hydroxylation is 1. The fourth-order valence-corrected chi connectivity index (χ4v) is 3.13. The van der Waals surface area contributed by atoms with E-state index in [2.05, 4.69) is 14.9 Å². The number of rotatable bonds is 3. The molecule has 1 aliphatic heterocycles. The van der Waals surface area contributed by atoms with Crippen molar-refractivity contribution in [1.29, 1.82) is 0 Å². The molecule has 0 bridgehead atoms. The number of hydrogen-bond acceptors (Lipinski definition) is 6. The molecule has 2 heterocycles. The number of aromatic nitrogens is 2. The van der Waals surface area contributed by atoms with Crippen molar-refractivity contribution in [3.8, 4) is 0 Å². The van der Waals surface area contributed by atoms with E-state index in [0.29, 0.717) is 29.0 Å². The lowest BCUT2D eigenvalue weighted by atomic mass is 10.2. The van der Waals surface area contributed by atoms with E-state index < -0.39 is 0 Å². The van der Waals surface area contributed by atoms with Gasteiger partial charge in [0.15, 0.2) is 5.16 Å². The van der Waals surface area contributed by atoms with Crippen LogP contribution in [0.5, 0.6) is 0 Å². The van der Waals surface area contributed by atoms with Crippen molar-refractivity contribution in [3.63, 3.8) is 0 Å². The summed E-state index contributed by atoms with van der Waals surface area (Å²) < 4.78 is 5.36. The van der Waals surface area contributed by atoms with Crippen molar-refractivity contribution in [2.45, 2.75) is 12.1 Å². The molecular formula is C16H16ClN3O2S. The van der Waals surface area contributed by atoms with Crippen LogP contribution in [0.1, 0.15) is 16.1 Å². The fraction of sp³-hybridized carbons (Fsp3) is 0.312. The van der Waals surface area contributed by atoms with Gasteiger partial charge >= 0.3 is 0 Å². The van der Waals surface area contributed by atoms with Gasteiger partial charge in [-0.2, -0.15) is 0 Å². The fourth-order valence-electron chi connectivity index (χ4n) is 2.25. The Bertz CT molecular complexity index is 703. The normalized spacial score (nSPS) is 14.8. The second-order valence-electron chi connectivity index (χ2n) is 5.15. The van der Waals surface area contributed by atoms with Crippen LogP contribution in [0.3, 0.4) is 0 Å². The summed E-state index contributed by atoms with van der Waals surface area (Å²) in [5.41, 5.74) is 1.42. The van der Waals surface area contributed by atoms with E-state index in [9.17, 15) is 4.79 Å². The van der Waals surface area contributed by atoms with E-state index in [0.717, 1.165) is 36.4 Å². The first-order valence-electron chi connectivity index (χ1n) is 7.28. The first-order valence-corrected chi connectivity index (χ1v) is 8.47. The summed E-state index contributed by atoms with van der Waals surface area (Å²) in [7, 11) is 0.